The van der Waals surface area contributed by atoms with Crippen molar-refractivity contribution < 1.29 is 17.6 Å². The average molecular weight is 319 g/mol. The van der Waals surface area contributed by atoms with Crippen molar-refractivity contribution in [3.63, 3.8) is 0 Å². The van der Waals surface area contributed by atoms with Gasteiger partial charge in [-0.05, 0) is 31.2 Å². The third-order valence-corrected chi connectivity index (χ3v) is 5.25. The van der Waals surface area contributed by atoms with Gasteiger partial charge in [-0.15, -0.1) is 0 Å². The highest BCUT2D eigenvalue weighted by Crippen LogP contribution is 2.17. The van der Waals surface area contributed by atoms with Crippen molar-refractivity contribution in [3.8, 4) is 0 Å². The van der Waals surface area contributed by atoms with E-state index in [9.17, 15) is 13.2 Å². The van der Waals surface area contributed by atoms with Gasteiger partial charge in [0.15, 0.2) is 0 Å². The van der Waals surface area contributed by atoms with Crippen LogP contribution in [0.1, 0.15) is 11.3 Å². The summed E-state index contributed by atoms with van der Waals surface area (Å²) in [4.78, 5) is 18.6. The Bertz CT molecular complexity index is 976. The number of carbonyl (C=O) groups excluding carboxylic acids is 1. The lowest BCUT2D eigenvalue weighted by molar-refractivity contribution is 0.256. The van der Waals surface area contributed by atoms with E-state index >= 15 is 0 Å². The molecule has 0 radical (unpaired) electrons. The second kappa shape index (κ2) is 5.15. The van der Waals surface area contributed by atoms with E-state index in [0.29, 0.717) is 11.1 Å². The van der Waals surface area contributed by atoms with Crippen LogP contribution in [0, 0.1) is 6.92 Å². The van der Waals surface area contributed by atoms with Crippen molar-refractivity contribution in [2.24, 2.45) is 9.98 Å². The lowest BCUT2D eigenvalue weighted by atomic mass is 10.3. The summed E-state index contributed by atoms with van der Waals surface area (Å²) >= 11 is 0. The molecule has 0 spiro atoms. The molecule has 0 fully saturated rings. The third kappa shape index (κ3) is 2.46. The molecule has 7 nitrogen and oxygen atoms in total. The zero-order chi connectivity index (χ0) is 15.9. The van der Waals surface area contributed by atoms with Gasteiger partial charge in [-0.1, -0.05) is 0 Å². The Morgan fingerprint density at radius 3 is 2.59 bits per heavy atom. The molecule has 0 bridgehead atoms. The minimum atomic E-state index is -3.69. The summed E-state index contributed by atoms with van der Waals surface area (Å²) in [6.45, 7) is 1.97. The molecule has 3 rings (SSSR count). The van der Waals surface area contributed by atoms with Gasteiger partial charge < -0.3 is 4.42 Å². The number of aryl methyl sites for hydroxylation is 1. The Hall–Kier alpha value is -2.32. The van der Waals surface area contributed by atoms with E-state index in [1.165, 1.54) is 35.8 Å². The molecular weight excluding hydrogens is 306 g/mol. The highest BCUT2D eigenvalue weighted by Gasteiger charge is 2.23. The Morgan fingerprint density at radius 2 is 1.91 bits per heavy atom. The van der Waals surface area contributed by atoms with Crippen molar-refractivity contribution in [2.45, 2.75) is 18.4 Å². The Kier molecular flexibility index (Phi) is 3.42. The molecule has 114 valence electrons. The fourth-order valence-corrected chi connectivity index (χ4v) is 3.33. The van der Waals surface area contributed by atoms with Crippen molar-refractivity contribution in [3.05, 3.63) is 52.6 Å². The number of furan rings is 1. The smallest absolute Gasteiger partial charge is 0.368 e. The SMILES string of the molecule is Cc1occc1CN(C)S(=O)(=O)c1ccc2c(c1)=NC(=O)N=2. The first-order chi connectivity index (χ1) is 10.4. The summed E-state index contributed by atoms with van der Waals surface area (Å²) in [5, 5.41) is 0.663. The second-order valence-electron chi connectivity index (χ2n) is 4.92. The van der Waals surface area contributed by atoms with Crippen LogP contribution >= 0.6 is 0 Å². The minimum Gasteiger partial charge on any atom is -0.469 e. The van der Waals surface area contributed by atoms with E-state index in [1.807, 2.05) is 0 Å². The van der Waals surface area contributed by atoms with Gasteiger partial charge in [0.2, 0.25) is 10.0 Å². The summed E-state index contributed by atoms with van der Waals surface area (Å²) in [5.41, 5.74) is 0.794. The van der Waals surface area contributed by atoms with E-state index in [1.54, 1.807) is 13.0 Å². The van der Waals surface area contributed by atoms with Crippen LogP contribution in [-0.4, -0.2) is 25.8 Å². The number of sulfonamides is 1. The Labute approximate surface area is 126 Å². The highest BCUT2D eigenvalue weighted by molar-refractivity contribution is 7.89. The Balaban J connectivity index is 1.96. The minimum absolute atomic E-state index is 0.0727. The molecule has 1 aliphatic heterocycles. The highest BCUT2D eigenvalue weighted by atomic mass is 32.2. The molecule has 0 N–H and O–H groups in total. The van der Waals surface area contributed by atoms with Crippen LogP contribution in [0.5, 0.6) is 0 Å². The maximum atomic E-state index is 12.6. The summed E-state index contributed by atoms with van der Waals surface area (Å²) in [7, 11) is -2.20. The van der Waals surface area contributed by atoms with Crippen LogP contribution < -0.4 is 10.7 Å². The molecule has 1 aromatic heterocycles. The first-order valence-corrected chi connectivity index (χ1v) is 7.93. The monoisotopic (exact) mass is 319 g/mol. The van der Waals surface area contributed by atoms with Gasteiger partial charge in [-0.25, -0.2) is 13.2 Å². The number of urea groups is 1. The molecule has 2 aromatic rings. The molecule has 1 aliphatic rings. The van der Waals surface area contributed by atoms with Crippen LogP contribution in [0.3, 0.4) is 0 Å². The first-order valence-electron chi connectivity index (χ1n) is 6.49. The van der Waals surface area contributed by atoms with Crippen molar-refractivity contribution >= 4 is 16.1 Å². The molecule has 1 aromatic carbocycles. The normalized spacial score (nSPS) is 13.9. The van der Waals surface area contributed by atoms with Crippen LogP contribution in [0.25, 0.3) is 0 Å². The molecule has 0 atom stereocenters. The summed E-state index contributed by atoms with van der Waals surface area (Å²) < 4.78 is 31.6. The van der Waals surface area contributed by atoms with Gasteiger partial charge in [-0.2, -0.15) is 14.3 Å². The Morgan fingerprint density at radius 1 is 1.18 bits per heavy atom. The summed E-state index contributed by atoms with van der Waals surface area (Å²) in [6.07, 6.45) is 1.52. The van der Waals surface area contributed by atoms with Crippen molar-refractivity contribution in [1.82, 2.24) is 4.31 Å². The fourth-order valence-electron chi connectivity index (χ4n) is 2.16. The molecule has 0 saturated carbocycles. The maximum Gasteiger partial charge on any atom is 0.368 e. The van der Waals surface area contributed by atoms with E-state index in [4.69, 9.17) is 4.42 Å². The molecule has 8 heteroatoms. The lowest BCUT2D eigenvalue weighted by Crippen LogP contribution is -2.29. The summed E-state index contributed by atoms with van der Waals surface area (Å²) in [5.74, 6) is 0.676. The van der Waals surface area contributed by atoms with Gasteiger partial charge in [0.25, 0.3) is 0 Å². The number of fused-ring (bicyclic) bond motifs is 1. The van der Waals surface area contributed by atoms with Crippen LogP contribution in [0.2, 0.25) is 0 Å². The molecule has 0 unspecified atom stereocenters. The molecule has 2 amide bonds. The summed E-state index contributed by atoms with van der Waals surface area (Å²) in [6, 6.07) is 5.37. The lowest BCUT2D eigenvalue weighted by Gasteiger charge is -2.16. The molecular formula is C14H13N3O4S. The molecule has 2 heterocycles. The van der Waals surface area contributed by atoms with E-state index in [2.05, 4.69) is 9.98 Å². The van der Waals surface area contributed by atoms with Crippen LogP contribution in [0.4, 0.5) is 4.79 Å². The van der Waals surface area contributed by atoms with Crippen molar-refractivity contribution in [1.29, 1.82) is 0 Å². The van der Waals surface area contributed by atoms with E-state index in [0.717, 1.165) is 5.56 Å². The van der Waals surface area contributed by atoms with Gasteiger partial charge in [0.05, 0.1) is 21.9 Å². The van der Waals surface area contributed by atoms with Crippen LogP contribution in [-0.2, 0) is 16.6 Å². The number of amides is 2. The van der Waals surface area contributed by atoms with Crippen LogP contribution in [0.15, 0.2) is 49.8 Å². The standard InChI is InChI=1S/C14H13N3O4S/c1-9-10(5-6-21-9)8-17(2)22(19,20)11-3-4-12-13(7-11)16-14(18)15-12/h3-7H,8H2,1-2H3. The molecule has 22 heavy (non-hydrogen) atoms. The number of benzene rings is 1. The molecule has 0 aliphatic carbocycles. The average Bonchev–Trinajstić information content (AvgIpc) is 3.03. The topological polar surface area (TPSA) is 92.3 Å². The zero-order valence-corrected chi connectivity index (χ0v) is 12.8. The predicted molar refractivity (Wildman–Crippen MR) is 76.2 cm³/mol. The zero-order valence-electron chi connectivity index (χ0n) is 12.0. The number of hydrogen-bond donors (Lipinski definition) is 0. The fraction of sp³-hybridized carbons (Fsp3) is 0.214. The van der Waals surface area contributed by atoms with E-state index in [-0.39, 0.29) is 16.8 Å². The van der Waals surface area contributed by atoms with Crippen molar-refractivity contribution in [2.75, 3.05) is 7.05 Å². The third-order valence-electron chi connectivity index (χ3n) is 3.45. The van der Waals surface area contributed by atoms with Gasteiger partial charge >= 0.3 is 6.03 Å². The first kappa shape index (κ1) is 14.6. The van der Waals surface area contributed by atoms with Gasteiger partial charge in [0, 0.05) is 19.2 Å². The number of carbonyl (C=O) groups is 1. The quantitative estimate of drug-likeness (QED) is 0.832. The number of nitrogens with zero attached hydrogens (tertiary/aromatic N) is 3. The second-order valence-corrected chi connectivity index (χ2v) is 6.96. The van der Waals surface area contributed by atoms with Gasteiger partial charge in [0.1, 0.15) is 5.76 Å². The van der Waals surface area contributed by atoms with E-state index < -0.39 is 16.1 Å². The number of hydrogen-bond acceptors (Lipinski definition) is 4. The maximum absolute atomic E-state index is 12.6. The largest absolute Gasteiger partial charge is 0.469 e. The number of rotatable bonds is 4. The van der Waals surface area contributed by atoms with Gasteiger partial charge in [-0.3, -0.25) is 0 Å². The predicted octanol–water partition coefficient (Wildman–Crippen LogP) is 0.782. The molecule has 0 saturated heterocycles.